The van der Waals surface area contributed by atoms with Crippen molar-refractivity contribution >= 4 is 82.4 Å². The SMILES string of the molecule is CCC(=O)COCCOCCNC(=O)COCCOCCCC(=O)[C@H](Cc1ccc(C(C)=O)cc1)NC(=O)[C@@H](CCC(=O)O)CC(=O)[C@@H](CCC(=O)O)NC(=O)[C@@H](CCC(=O)O)CC(=O)[C@@H](CCC(=O)O)NC(=O)[C@H](N)CCC(=O)O. The molecule has 81 heavy (non-hydrogen) atoms. The Balaban J connectivity index is 3.23. The highest BCUT2D eigenvalue weighted by Crippen LogP contribution is 2.21. The molecule has 0 saturated heterocycles. The molecular formula is C53H77N5O23. The number of amides is 4. The number of benzene rings is 1. The minimum atomic E-state index is -1.74. The van der Waals surface area contributed by atoms with Gasteiger partial charge in [-0.2, -0.15) is 0 Å². The van der Waals surface area contributed by atoms with E-state index in [1.54, 1.807) is 19.1 Å². The summed E-state index contributed by atoms with van der Waals surface area (Å²) < 4.78 is 21.4. The monoisotopic (exact) mass is 1150 g/mol. The van der Waals surface area contributed by atoms with Gasteiger partial charge in [-0.05, 0) is 57.4 Å². The molecule has 11 N–H and O–H groups in total. The van der Waals surface area contributed by atoms with Gasteiger partial charge in [0, 0.05) is 88.3 Å². The number of carbonyl (C=O) groups is 14. The molecular weight excluding hydrogens is 1070 g/mol. The Kier molecular flexibility index (Phi) is 36.0. The summed E-state index contributed by atoms with van der Waals surface area (Å²) in [5.74, 6) is -16.3. The molecule has 452 valence electrons. The molecule has 0 spiro atoms. The van der Waals surface area contributed by atoms with Gasteiger partial charge in [0.15, 0.2) is 28.9 Å². The summed E-state index contributed by atoms with van der Waals surface area (Å²) in [6.07, 6.45) is -7.39. The number of nitrogens with one attached hydrogen (secondary N) is 4. The van der Waals surface area contributed by atoms with Crippen LogP contribution in [-0.2, 0) is 87.7 Å². The molecule has 0 bridgehead atoms. The molecule has 6 atom stereocenters. The van der Waals surface area contributed by atoms with Gasteiger partial charge in [-0.1, -0.05) is 31.2 Å². The van der Waals surface area contributed by atoms with Gasteiger partial charge in [-0.3, -0.25) is 67.1 Å². The van der Waals surface area contributed by atoms with Gasteiger partial charge in [-0.15, -0.1) is 0 Å². The lowest BCUT2D eigenvalue weighted by atomic mass is 9.89. The highest BCUT2D eigenvalue weighted by molar-refractivity contribution is 5.97. The normalized spacial score (nSPS) is 13.2. The van der Waals surface area contributed by atoms with Gasteiger partial charge >= 0.3 is 29.8 Å². The molecule has 0 saturated carbocycles. The fourth-order valence-corrected chi connectivity index (χ4v) is 7.53. The fraction of sp³-hybridized carbons (Fsp3) is 0.623. The van der Waals surface area contributed by atoms with Crippen molar-refractivity contribution in [2.75, 3.05) is 59.4 Å². The molecule has 0 unspecified atom stereocenters. The Morgan fingerprint density at radius 2 is 0.926 bits per heavy atom. The van der Waals surface area contributed by atoms with Gasteiger partial charge in [0.25, 0.3) is 0 Å². The van der Waals surface area contributed by atoms with Crippen molar-refractivity contribution in [2.45, 2.75) is 141 Å². The summed E-state index contributed by atoms with van der Waals surface area (Å²) in [6, 6.07) is 0.0327. The largest absolute Gasteiger partial charge is 0.481 e. The average Bonchev–Trinajstić information content (AvgIpc) is 3.41. The second-order valence-corrected chi connectivity index (χ2v) is 18.8. The Morgan fingerprint density at radius 3 is 1.41 bits per heavy atom. The molecule has 28 nitrogen and oxygen atoms in total. The summed E-state index contributed by atoms with van der Waals surface area (Å²) in [6.45, 7) is 3.82. The van der Waals surface area contributed by atoms with E-state index in [9.17, 15) is 87.5 Å². The third kappa shape index (κ3) is 33.7. The maximum atomic E-state index is 14.1. The van der Waals surface area contributed by atoms with Crippen LogP contribution in [0.2, 0.25) is 0 Å². The first-order chi connectivity index (χ1) is 38.3. The third-order valence-corrected chi connectivity index (χ3v) is 12.2. The van der Waals surface area contributed by atoms with Crippen LogP contribution in [0.4, 0.5) is 0 Å². The quantitative estimate of drug-likeness (QED) is 0.0308. The van der Waals surface area contributed by atoms with Gasteiger partial charge < -0.3 is 71.5 Å². The van der Waals surface area contributed by atoms with Crippen molar-refractivity contribution in [3.8, 4) is 0 Å². The van der Waals surface area contributed by atoms with E-state index >= 15 is 0 Å². The molecule has 1 rings (SSSR count). The fourth-order valence-electron chi connectivity index (χ4n) is 7.53. The molecule has 0 fully saturated rings. The maximum absolute atomic E-state index is 14.1. The van der Waals surface area contributed by atoms with Crippen molar-refractivity contribution in [3.05, 3.63) is 35.4 Å². The first-order valence-corrected chi connectivity index (χ1v) is 26.4. The lowest BCUT2D eigenvalue weighted by Crippen LogP contribution is -2.50. The van der Waals surface area contributed by atoms with Crippen molar-refractivity contribution in [2.24, 2.45) is 17.6 Å². The minimum Gasteiger partial charge on any atom is -0.481 e. The van der Waals surface area contributed by atoms with Crippen LogP contribution >= 0.6 is 0 Å². The van der Waals surface area contributed by atoms with Crippen LogP contribution in [-0.4, -0.2) is 191 Å². The third-order valence-electron chi connectivity index (χ3n) is 12.2. The van der Waals surface area contributed by atoms with E-state index in [0.717, 1.165) is 0 Å². The van der Waals surface area contributed by atoms with Crippen LogP contribution in [0.5, 0.6) is 0 Å². The Morgan fingerprint density at radius 1 is 0.494 bits per heavy atom. The van der Waals surface area contributed by atoms with E-state index in [4.69, 9.17) is 29.8 Å². The number of Topliss-reactive ketones (excluding diaryl/α,β-unsaturated/α-hetero) is 5. The Hall–Kier alpha value is -7.40. The smallest absolute Gasteiger partial charge is 0.303 e. The molecule has 0 aromatic heterocycles. The summed E-state index contributed by atoms with van der Waals surface area (Å²) in [5, 5.41) is 56.7. The van der Waals surface area contributed by atoms with Crippen molar-refractivity contribution < 1.29 is 112 Å². The summed E-state index contributed by atoms with van der Waals surface area (Å²) in [4.78, 5) is 175. The minimum absolute atomic E-state index is 0.0103. The maximum Gasteiger partial charge on any atom is 0.303 e. The summed E-state index contributed by atoms with van der Waals surface area (Å²) in [5.41, 5.74) is 6.61. The van der Waals surface area contributed by atoms with Crippen LogP contribution < -0.4 is 27.0 Å². The zero-order valence-corrected chi connectivity index (χ0v) is 45.6. The molecule has 0 aliphatic heterocycles. The van der Waals surface area contributed by atoms with Crippen LogP contribution in [0.1, 0.15) is 126 Å². The molecule has 1 aromatic carbocycles. The highest BCUT2D eigenvalue weighted by Gasteiger charge is 2.34. The number of rotatable bonds is 49. The molecule has 1 aromatic rings. The van der Waals surface area contributed by atoms with Gasteiger partial charge in [0.2, 0.25) is 23.6 Å². The topological polar surface area (TPSA) is 451 Å². The van der Waals surface area contributed by atoms with Crippen LogP contribution in [0.15, 0.2) is 24.3 Å². The van der Waals surface area contributed by atoms with E-state index in [1.165, 1.54) is 19.1 Å². The number of ketones is 5. The van der Waals surface area contributed by atoms with E-state index < -0.39 is 177 Å². The van der Waals surface area contributed by atoms with E-state index in [2.05, 4.69) is 21.3 Å². The van der Waals surface area contributed by atoms with Crippen LogP contribution in [0.25, 0.3) is 0 Å². The molecule has 0 radical (unpaired) electrons. The molecule has 28 heteroatoms. The van der Waals surface area contributed by atoms with E-state index in [-0.39, 0.29) is 96.6 Å². The number of carboxylic acid groups (broad SMARTS) is 5. The molecule has 0 heterocycles. The summed E-state index contributed by atoms with van der Waals surface area (Å²) >= 11 is 0. The number of ether oxygens (including phenoxy) is 4. The summed E-state index contributed by atoms with van der Waals surface area (Å²) in [7, 11) is 0. The molecule has 0 aliphatic carbocycles. The van der Waals surface area contributed by atoms with Crippen LogP contribution in [0.3, 0.4) is 0 Å². The Labute approximate surface area is 467 Å². The first kappa shape index (κ1) is 71.6. The van der Waals surface area contributed by atoms with E-state index in [0.29, 0.717) is 17.5 Å². The average molecular weight is 1150 g/mol. The lowest BCUT2D eigenvalue weighted by Gasteiger charge is -2.25. The first-order valence-electron chi connectivity index (χ1n) is 26.4. The second kappa shape index (κ2) is 40.7. The number of carboxylic acids is 5. The zero-order chi connectivity index (χ0) is 60.9. The Bertz CT molecular complexity index is 2290. The zero-order valence-electron chi connectivity index (χ0n) is 45.6. The number of aliphatic carboxylic acids is 5. The number of nitrogens with two attached hydrogens (primary N) is 1. The predicted molar refractivity (Wildman–Crippen MR) is 280 cm³/mol. The van der Waals surface area contributed by atoms with Crippen molar-refractivity contribution in [3.63, 3.8) is 0 Å². The van der Waals surface area contributed by atoms with Crippen molar-refractivity contribution in [1.29, 1.82) is 0 Å². The van der Waals surface area contributed by atoms with Gasteiger partial charge in [0.05, 0.1) is 57.2 Å². The lowest BCUT2D eigenvalue weighted by molar-refractivity contribution is -0.141. The van der Waals surface area contributed by atoms with Gasteiger partial charge in [-0.25, -0.2) is 0 Å². The van der Waals surface area contributed by atoms with E-state index in [1.807, 2.05) is 0 Å². The number of hydrogen-bond donors (Lipinski definition) is 10. The molecule has 0 aliphatic rings. The standard InChI is InChI=1S/C53H77N5O23/c1-3-37(60)30-80-25-24-79-22-20-55-45(64)31-81-26-23-78-21-4-5-42(61)41(27-33-6-8-34(9-7-33)32(2)59)58-52(76)36(11-16-47(67)68)29-43(62)39(13-18-49(71)72)56-51(75)35(10-15-46(65)66)28-44(63)40(14-19-50(73)74)57-53(77)38(54)12-17-48(69)70/h6-9,35-36,38-41H,3-5,10-31,54H2,1-2H3,(H,55,64)(H,56,75)(H,57,77)(H,58,76)(H,65,66)(H,67,68)(H,69,70)(H,71,72)(H,73,74)/t35-,36-,38+,39+,40+,41-/m0/s1. The second-order valence-electron chi connectivity index (χ2n) is 18.8. The van der Waals surface area contributed by atoms with Crippen LogP contribution in [0, 0.1) is 11.8 Å². The molecule has 4 amide bonds. The number of hydrogen-bond acceptors (Lipinski definition) is 19. The van der Waals surface area contributed by atoms with Gasteiger partial charge in [0.1, 0.15) is 13.2 Å². The highest BCUT2D eigenvalue weighted by atomic mass is 16.5. The number of carbonyl (C=O) groups excluding carboxylic acids is 9. The van der Waals surface area contributed by atoms with Crippen molar-refractivity contribution in [1.82, 2.24) is 21.3 Å². The predicted octanol–water partition coefficient (Wildman–Crippen LogP) is 0.199.